The number of hydrogen-bond acceptors (Lipinski definition) is 7. The van der Waals surface area contributed by atoms with Crippen LogP contribution in [-0.4, -0.2) is 24.3 Å². The number of nitrogens with one attached hydrogen (secondary N) is 1. The number of carbonyl (C=O) groups is 1. The van der Waals surface area contributed by atoms with Gasteiger partial charge >= 0.3 is 0 Å². The van der Waals surface area contributed by atoms with Crippen LogP contribution >= 0.6 is 0 Å². The second-order valence-corrected chi connectivity index (χ2v) is 11.3. The topological polar surface area (TPSA) is 124 Å². The predicted molar refractivity (Wildman–Crippen MR) is 139 cm³/mol. The van der Waals surface area contributed by atoms with E-state index >= 15 is 0 Å². The standard InChI is InChI=1S/C27H32N4O4S/c1-16-8-10-20(11-9-16)22-13-12-21(26(32)31-36(33,34)24-7-5-6-23(28)30-24)27(29-22)35-25-18(3)14-17(2)15-19(25)4/h5-7,12-16,20H,8-11H2,1-4H3,(H2,28,30)(H,31,32). The second kappa shape index (κ2) is 10.3. The molecule has 0 saturated heterocycles. The fourth-order valence-corrected chi connectivity index (χ4v) is 5.66. The average Bonchev–Trinajstić information content (AvgIpc) is 2.81. The summed E-state index contributed by atoms with van der Waals surface area (Å²) in [6.45, 7) is 8.11. The molecule has 0 aliphatic heterocycles. The van der Waals surface area contributed by atoms with Crippen LogP contribution in [0.3, 0.4) is 0 Å². The van der Waals surface area contributed by atoms with Gasteiger partial charge in [0, 0.05) is 11.6 Å². The highest BCUT2D eigenvalue weighted by molar-refractivity contribution is 7.90. The molecule has 0 unspecified atom stereocenters. The van der Waals surface area contributed by atoms with Gasteiger partial charge in [-0.05, 0) is 74.9 Å². The minimum absolute atomic E-state index is 0.0229. The number of hydrogen-bond donors (Lipinski definition) is 2. The van der Waals surface area contributed by atoms with Crippen molar-refractivity contribution in [3.63, 3.8) is 0 Å². The Hall–Kier alpha value is -3.46. The maximum absolute atomic E-state index is 13.2. The Labute approximate surface area is 212 Å². The number of nitrogens with zero attached hydrogens (tertiary/aromatic N) is 2. The van der Waals surface area contributed by atoms with Gasteiger partial charge in [0.1, 0.15) is 17.1 Å². The van der Waals surface area contributed by atoms with Gasteiger partial charge in [-0.1, -0.05) is 43.5 Å². The molecule has 1 saturated carbocycles. The van der Waals surface area contributed by atoms with Crippen LogP contribution in [0.4, 0.5) is 5.82 Å². The van der Waals surface area contributed by atoms with Gasteiger partial charge in [-0.15, -0.1) is 0 Å². The summed E-state index contributed by atoms with van der Waals surface area (Å²) in [5.41, 5.74) is 9.38. The third kappa shape index (κ3) is 5.67. The molecule has 0 atom stereocenters. The van der Waals surface area contributed by atoms with Gasteiger partial charge in [0.25, 0.3) is 15.9 Å². The smallest absolute Gasteiger partial charge is 0.281 e. The Bertz CT molecular complexity index is 1370. The van der Waals surface area contributed by atoms with Crippen LogP contribution in [0.2, 0.25) is 0 Å². The molecular formula is C27H32N4O4S. The Morgan fingerprint density at radius 3 is 2.31 bits per heavy atom. The summed E-state index contributed by atoms with van der Waals surface area (Å²) < 4.78 is 34.0. The molecule has 1 fully saturated rings. The summed E-state index contributed by atoms with van der Waals surface area (Å²) in [7, 11) is -4.25. The van der Waals surface area contributed by atoms with Crippen molar-refractivity contribution in [2.24, 2.45) is 5.92 Å². The highest BCUT2D eigenvalue weighted by atomic mass is 32.2. The molecule has 0 spiro atoms. The largest absolute Gasteiger partial charge is 0.438 e. The van der Waals surface area contributed by atoms with Crippen molar-refractivity contribution in [3.8, 4) is 11.6 Å². The summed E-state index contributed by atoms with van der Waals surface area (Å²) in [6.07, 6.45) is 4.26. The van der Waals surface area contributed by atoms with Gasteiger partial charge in [0.05, 0.1) is 0 Å². The number of ether oxygens (including phenoxy) is 1. The molecule has 8 nitrogen and oxygen atoms in total. The molecule has 1 aromatic carbocycles. The monoisotopic (exact) mass is 508 g/mol. The maximum atomic E-state index is 13.2. The molecule has 2 aromatic heterocycles. The lowest BCUT2D eigenvalue weighted by molar-refractivity contribution is 0.0978. The number of nitrogen functional groups attached to an aromatic ring is 1. The molecule has 1 aliphatic rings. The normalized spacial score (nSPS) is 18.0. The molecule has 3 aromatic rings. The maximum Gasteiger partial charge on any atom is 0.281 e. The van der Waals surface area contributed by atoms with Crippen molar-refractivity contribution >= 4 is 21.7 Å². The van der Waals surface area contributed by atoms with Crippen LogP contribution in [0.5, 0.6) is 11.6 Å². The van der Waals surface area contributed by atoms with E-state index in [4.69, 9.17) is 15.5 Å². The average molecular weight is 509 g/mol. The van der Waals surface area contributed by atoms with E-state index in [2.05, 4.69) is 16.6 Å². The molecule has 1 amide bonds. The molecule has 190 valence electrons. The highest BCUT2D eigenvalue weighted by Crippen LogP contribution is 2.37. The van der Waals surface area contributed by atoms with E-state index < -0.39 is 15.9 Å². The van der Waals surface area contributed by atoms with E-state index in [1.54, 1.807) is 12.1 Å². The SMILES string of the molecule is Cc1cc(C)c(Oc2nc(C3CCC(C)CC3)ccc2C(=O)NS(=O)(=O)c2cccc(N)n2)c(C)c1. The molecule has 9 heteroatoms. The van der Waals surface area contributed by atoms with E-state index in [0.29, 0.717) is 11.7 Å². The summed E-state index contributed by atoms with van der Waals surface area (Å²) in [6, 6.07) is 11.6. The number of benzene rings is 1. The van der Waals surface area contributed by atoms with E-state index in [0.717, 1.165) is 48.1 Å². The first-order valence-electron chi connectivity index (χ1n) is 12.1. The molecule has 1 aliphatic carbocycles. The first-order chi connectivity index (χ1) is 17.0. The van der Waals surface area contributed by atoms with Gasteiger partial charge in [-0.25, -0.2) is 14.7 Å². The van der Waals surface area contributed by atoms with Gasteiger partial charge in [-0.2, -0.15) is 8.42 Å². The number of pyridine rings is 2. The van der Waals surface area contributed by atoms with Crippen molar-refractivity contribution in [1.82, 2.24) is 14.7 Å². The molecule has 36 heavy (non-hydrogen) atoms. The van der Waals surface area contributed by atoms with Gasteiger partial charge in [-0.3, -0.25) is 4.79 Å². The fourth-order valence-electron chi connectivity index (χ4n) is 4.72. The minimum Gasteiger partial charge on any atom is -0.438 e. The number of sulfonamides is 1. The van der Waals surface area contributed by atoms with E-state index in [-0.39, 0.29) is 28.2 Å². The highest BCUT2D eigenvalue weighted by Gasteiger charge is 2.27. The number of anilines is 1. The third-order valence-corrected chi connectivity index (χ3v) is 7.84. The first-order valence-corrected chi connectivity index (χ1v) is 13.6. The second-order valence-electron chi connectivity index (χ2n) is 9.71. The Kier molecular flexibility index (Phi) is 7.31. The summed E-state index contributed by atoms with van der Waals surface area (Å²) >= 11 is 0. The van der Waals surface area contributed by atoms with Gasteiger partial charge < -0.3 is 10.5 Å². The third-order valence-electron chi connectivity index (χ3n) is 6.61. The zero-order valence-corrected chi connectivity index (χ0v) is 21.9. The van der Waals surface area contributed by atoms with Crippen LogP contribution in [-0.2, 0) is 10.0 Å². The predicted octanol–water partition coefficient (Wildman–Crippen LogP) is 5.19. The van der Waals surface area contributed by atoms with Crippen molar-refractivity contribution in [2.75, 3.05) is 5.73 Å². The number of aromatic nitrogens is 2. The van der Waals surface area contributed by atoms with Crippen molar-refractivity contribution in [2.45, 2.75) is 64.3 Å². The van der Waals surface area contributed by atoms with Crippen LogP contribution in [0.1, 0.15) is 71.3 Å². The first kappa shape index (κ1) is 25.6. The van der Waals surface area contributed by atoms with Crippen LogP contribution < -0.4 is 15.2 Å². The van der Waals surface area contributed by atoms with E-state index in [9.17, 15) is 13.2 Å². The van der Waals surface area contributed by atoms with Crippen molar-refractivity contribution in [1.29, 1.82) is 0 Å². The van der Waals surface area contributed by atoms with Crippen molar-refractivity contribution < 1.29 is 17.9 Å². The van der Waals surface area contributed by atoms with Gasteiger partial charge in [0.2, 0.25) is 5.88 Å². The number of rotatable bonds is 6. The zero-order valence-electron chi connectivity index (χ0n) is 21.0. The lowest BCUT2D eigenvalue weighted by Gasteiger charge is -2.26. The summed E-state index contributed by atoms with van der Waals surface area (Å²) in [4.78, 5) is 21.8. The lowest BCUT2D eigenvalue weighted by atomic mass is 9.81. The fraction of sp³-hybridized carbons (Fsp3) is 0.370. The van der Waals surface area contributed by atoms with Gasteiger partial charge in [0.15, 0.2) is 5.03 Å². The summed E-state index contributed by atoms with van der Waals surface area (Å²) in [5, 5.41) is -0.343. The lowest BCUT2D eigenvalue weighted by Crippen LogP contribution is -2.31. The molecule has 0 radical (unpaired) electrons. The Morgan fingerprint density at radius 2 is 1.67 bits per heavy atom. The molecular weight excluding hydrogens is 476 g/mol. The zero-order chi connectivity index (χ0) is 26.0. The van der Waals surface area contributed by atoms with E-state index in [1.807, 2.05) is 32.9 Å². The van der Waals surface area contributed by atoms with Crippen LogP contribution in [0.25, 0.3) is 0 Å². The number of nitrogens with two attached hydrogens (primary N) is 1. The van der Waals surface area contributed by atoms with Crippen molar-refractivity contribution in [3.05, 3.63) is 70.4 Å². The number of amides is 1. The summed E-state index contributed by atoms with van der Waals surface area (Å²) in [5.74, 6) is 0.804. The number of carbonyl (C=O) groups excluding carboxylic acids is 1. The molecule has 2 heterocycles. The number of aryl methyl sites for hydroxylation is 3. The van der Waals surface area contributed by atoms with Crippen LogP contribution in [0.15, 0.2) is 47.5 Å². The van der Waals surface area contributed by atoms with Crippen LogP contribution in [0, 0.1) is 26.7 Å². The molecule has 4 rings (SSSR count). The molecule has 3 N–H and O–H groups in total. The quantitative estimate of drug-likeness (QED) is 0.469. The Morgan fingerprint density at radius 1 is 1.00 bits per heavy atom. The van der Waals surface area contributed by atoms with E-state index in [1.165, 1.54) is 18.2 Å². The Balaban J connectivity index is 1.71. The minimum atomic E-state index is -4.25. The molecule has 0 bridgehead atoms.